The first-order valence-corrected chi connectivity index (χ1v) is 8.25. The van der Waals surface area contributed by atoms with Gasteiger partial charge in [-0.15, -0.1) is 0 Å². The van der Waals surface area contributed by atoms with Crippen LogP contribution in [0.3, 0.4) is 0 Å². The molecule has 6 nitrogen and oxygen atoms in total. The first-order chi connectivity index (χ1) is 9.74. The highest BCUT2D eigenvalue weighted by atomic mass is 32.2. The van der Waals surface area contributed by atoms with Crippen LogP contribution in [-0.4, -0.2) is 37.3 Å². The average molecular weight is 309 g/mol. The van der Waals surface area contributed by atoms with Gasteiger partial charge in [-0.2, -0.15) is 0 Å². The number of benzene rings is 1. The topological polar surface area (TPSA) is 78.8 Å². The zero-order valence-corrected chi connectivity index (χ0v) is 13.3. The van der Waals surface area contributed by atoms with E-state index in [-0.39, 0.29) is 34.4 Å². The van der Waals surface area contributed by atoms with Crippen molar-refractivity contribution in [2.45, 2.75) is 44.7 Å². The molecule has 1 aliphatic rings. The summed E-state index contributed by atoms with van der Waals surface area (Å²) in [5, 5.41) is 0. The normalized spacial score (nSPS) is 19.6. The fraction of sp³-hybridized carbons (Fsp3) is 0.429. The molecule has 114 valence electrons. The first-order valence-electron chi connectivity index (χ1n) is 6.77. The van der Waals surface area contributed by atoms with E-state index in [0.29, 0.717) is 0 Å². The predicted octanol–water partition coefficient (Wildman–Crippen LogP) is 1.59. The zero-order chi connectivity index (χ0) is 15.8. The Bertz CT molecular complexity index is 693. The lowest BCUT2D eigenvalue weighted by Gasteiger charge is -2.26. The maximum Gasteiger partial charge on any atom is 0.264 e. The molecule has 7 heteroatoms. The lowest BCUT2D eigenvalue weighted by molar-refractivity contribution is 0.0813. The summed E-state index contributed by atoms with van der Waals surface area (Å²) in [5.41, 5.74) is 0.160. The van der Waals surface area contributed by atoms with E-state index in [0.717, 1.165) is 0 Å². The SMILES string of the molecule is CC(C)N=C1NS(=O)(=O)c2ccccc2C(=O)N1C(C)C. The number of amides is 1. The molecule has 1 N–H and O–H groups in total. The van der Waals surface area contributed by atoms with Gasteiger partial charge >= 0.3 is 0 Å². The molecule has 2 rings (SSSR count). The Morgan fingerprint density at radius 3 is 2.33 bits per heavy atom. The first kappa shape index (κ1) is 15.5. The number of sulfonamides is 1. The molecule has 1 aromatic rings. The molecule has 0 fully saturated rings. The Labute approximate surface area is 124 Å². The van der Waals surface area contributed by atoms with Crippen molar-refractivity contribution in [2.24, 2.45) is 4.99 Å². The summed E-state index contributed by atoms with van der Waals surface area (Å²) in [6.45, 7) is 7.27. The van der Waals surface area contributed by atoms with Crippen molar-refractivity contribution < 1.29 is 13.2 Å². The van der Waals surface area contributed by atoms with E-state index in [1.807, 2.05) is 27.7 Å². The van der Waals surface area contributed by atoms with Crippen molar-refractivity contribution in [3.05, 3.63) is 29.8 Å². The van der Waals surface area contributed by atoms with E-state index in [4.69, 9.17) is 0 Å². The summed E-state index contributed by atoms with van der Waals surface area (Å²) in [7, 11) is -3.82. The number of carbonyl (C=O) groups is 1. The monoisotopic (exact) mass is 309 g/mol. The molecule has 1 aliphatic heterocycles. The fourth-order valence-electron chi connectivity index (χ4n) is 2.14. The van der Waals surface area contributed by atoms with Crippen LogP contribution in [-0.2, 0) is 10.0 Å². The van der Waals surface area contributed by atoms with Crippen molar-refractivity contribution in [1.82, 2.24) is 9.62 Å². The van der Waals surface area contributed by atoms with Crippen molar-refractivity contribution >= 4 is 21.9 Å². The molecule has 0 saturated carbocycles. The minimum absolute atomic E-state index is 0.0189. The lowest BCUT2D eigenvalue weighted by Crippen LogP contribution is -2.48. The summed E-state index contributed by atoms with van der Waals surface area (Å²) in [5.74, 6) is -0.297. The fourth-order valence-corrected chi connectivity index (χ4v) is 3.34. The summed E-state index contributed by atoms with van der Waals surface area (Å²) in [6.07, 6.45) is 0. The van der Waals surface area contributed by atoms with Crippen LogP contribution in [0.2, 0.25) is 0 Å². The van der Waals surface area contributed by atoms with Crippen LogP contribution in [0.5, 0.6) is 0 Å². The standard InChI is InChI=1S/C14H19N3O3S/c1-9(2)15-14-16-21(19,20)12-8-6-5-7-11(12)13(18)17(14)10(3)4/h5-10H,1-4H3,(H,15,16). The number of aliphatic imine (C=N–C) groups is 1. The highest BCUT2D eigenvalue weighted by molar-refractivity contribution is 7.90. The highest BCUT2D eigenvalue weighted by Gasteiger charge is 2.35. The van der Waals surface area contributed by atoms with Gasteiger partial charge in [-0.25, -0.2) is 18.1 Å². The van der Waals surface area contributed by atoms with Crippen LogP contribution < -0.4 is 4.72 Å². The Kier molecular flexibility index (Phi) is 4.04. The van der Waals surface area contributed by atoms with E-state index in [2.05, 4.69) is 9.71 Å². The van der Waals surface area contributed by atoms with Crippen molar-refractivity contribution in [3.63, 3.8) is 0 Å². The summed E-state index contributed by atoms with van der Waals surface area (Å²) < 4.78 is 27.3. The third-order valence-corrected chi connectivity index (χ3v) is 4.36. The Balaban J connectivity index is 2.71. The largest absolute Gasteiger partial charge is 0.275 e. The summed E-state index contributed by atoms with van der Waals surface area (Å²) in [4.78, 5) is 18.3. The van der Waals surface area contributed by atoms with Crippen LogP contribution in [0.15, 0.2) is 34.2 Å². The maximum absolute atomic E-state index is 12.7. The molecule has 0 atom stereocenters. The molecule has 21 heavy (non-hydrogen) atoms. The van der Waals surface area contributed by atoms with Crippen LogP contribution in [0.4, 0.5) is 0 Å². The van der Waals surface area contributed by atoms with Gasteiger partial charge in [0.15, 0.2) is 0 Å². The Hall–Kier alpha value is -1.89. The second-order valence-electron chi connectivity index (χ2n) is 5.42. The molecule has 0 saturated heterocycles. The number of nitrogens with one attached hydrogen (secondary N) is 1. The van der Waals surface area contributed by atoms with Gasteiger partial charge < -0.3 is 0 Å². The van der Waals surface area contributed by atoms with E-state index >= 15 is 0 Å². The third kappa shape index (κ3) is 2.92. The quantitative estimate of drug-likeness (QED) is 0.901. The molecule has 1 heterocycles. The minimum atomic E-state index is -3.82. The van der Waals surface area contributed by atoms with Crippen molar-refractivity contribution in [2.75, 3.05) is 0 Å². The van der Waals surface area contributed by atoms with Gasteiger partial charge in [-0.05, 0) is 39.8 Å². The number of hydrogen-bond acceptors (Lipinski definition) is 4. The van der Waals surface area contributed by atoms with Gasteiger partial charge in [0.2, 0.25) is 5.96 Å². The van der Waals surface area contributed by atoms with Gasteiger partial charge in [0.1, 0.15) is 4.90 Å². The maximum atomic E-state index is 12.7. The number of nitrogens with zero attached hydrogens (tertiary/aromatic N) is 2. The van der Waals surface area contributed by atoms with E-state index in [1.165, 1.54) is 17.0 Å². The van der Waals surface area contributed by atoms with Crippen LogP contribution in [0.25, 0.3) is 0 Å². The molecular formula is C14H19N3O3S. The van der Waals surface area contributed by atoms with Crippen LogP contribution >= 0.6 is 0 Å². The molecule has 0 aliphatic carbocycles. The third-order valence-electron chi connectivity index (χ3n) is 2.98. The predicted molar refractivity (Wildman–Crippen MR) is 80.6 cm³/mol. The van der Waals surface area contributed by atoms with Gasteiger partial charge in [-0.1, -0.05) is 12.1 Å². The van der Waals surface area contributed by atoms with Crippen LogP contribution in [0, 0.1) is 0 Å². The Morgan fingerprint density at radius 2 is 1.76 bits per heavy atom. The number of hydrogen-bond donors (Lipinski definition) is 1. The minimum Gasteiger partial charge on any atom is -0.275 e. The number of fused-ring (bicyclic) bond motifs is 1. The van der Waals surface area contributed by atoms with E-state index < -0.39 is 10.0 Å². The number of rotatable bonds is 2. The van der Waals surface area contributed by atoms with Gasteiger partial charge in [0, 0.05) is 12.1 Å². The van der Waals surface area contributed by atoms with E-state index in [1.54, 1.807) is 12.1 Å². The molecule has 0 unspecified atom stereocenters. The van der Waals surface area contributed by atoms with Gasteiger partial charge in [0.25, 0.3) is 15.9 Å². The molecule has 0 spiro atoms. The Morgan fingerprint density at radius 1 is 1.14 bits per heavy atom. The van der Waals surface area contributed by atoms with Crippen LogP contribution in [0.1, 0.15) is 38.1 Å². The molecular weight excluding hydrogens is 290 g/mol. The van der Waals surface area contributed by atoms with Crippen molar-refractivity contribution in [3.8, 4) is 0 Å². The van der Waals surface area contributed by atoms with Gasteiger partial charge in [0.05, 0.1) is 5.56 Å². The smallest absolute Gasteiger partial charge is 0.264 e. The second kappa shape index (κ2) is 5.48. The molecule has 0 radical (unpaired) electrons. The molecule has 1 aromatic carbocycles. The average Bonchev–Trinajstić information content (AvgIpc) is 2.44. The molecule has 1 amide bonds. The van der Waals surface area contributed by atoms with Crippen molar-refractivity contribution in [1.29, 1.82) is 0 Å². The number of carbonyl (C=O) groups excluding carboxylic acids is 1. The summed E-state index contributed by atoms with van der Waals surface area (Å²) in [6, 6.07) is 5.82. The second-order valence-corrected chi connectivity index (χ2v) is 7.07. The zero-order valence-electron chi connectivity index (χ0n) is 12.5. The van der Waals surface area contributed by atoms with E-state index in [9.17, 15) is 13.2 Å². The molecule has 0 aromatic heterocycles. The lowest BCUT2D eigenvalue weighted by atomic mass is 10.2. The summed E-state index contributed by atoms with van der Waals surface area (Å²) >= 11 is 0. The van der Waals surface area contributed by atoms with Gasteiger partial charge in [-0.3, -0.25) is 9.69 Å². The molecule has 0 bridgehead atoms. The highest BCUT2D eigenvalue weighted by Crippen LogP contribution is 2.22. The number of guanidine groups is 1.